The van der Waals surface area contributed by atoms with Crippen molar-refractivity contribution in [2.45, 2.75) is 32.2 Å². The number of ether oxygens (including phenoxy) is 1. The summed E-state index contributed by atoms with van der Waals surface area (Å²) in [5, 5.41) is 4.61. The second kappa shape index (κ2) is 9.50. The van der Waals surface area contributed by atoms with Crippen LogP contribution in [0.5, 0.6) is 5.75 Å². The summed E-state index contributed by atoms with van der Waals surface area (Å²) < 4.78 is 21.4. The Kier molecular flexibility index (Phi) is 6.28. The molecule has 0 radical (unpaired) electrons. The molecular formula is C26H26ClFN4O2. The zero-order valence-corrected chi connectivity index (χ0v) is 19.9. The van der Waals surface area contributed by atoms with Gasteiger partial charge in [-0.25, -0.2) is 9.37 Å². The highest BCUT2D eigenvalue weighted by molar-refractivity contribution is 6.30. The molecule has 2 aliphatic heterocycles. The van der Waals surface area contributed by atoms with Gasteiger partial charge in [0.05, 0.1) is 35.9 Å². The van der Waals surface area contributed by atoms with Gasteiger partial charge in [-0.2, -0.15) is 0 Å². The van der Waals surface area contributed by atoms with Gasteiger partial charge in [0.2, 0.25) is 0 Å². The number of oxime groups is 1. The molecule has 5 rings (SSSR count). The summed E-state index contributed by atoms with van der Waals surface area (Å²) >= 11 is 6.09. The highest BCUT2D eigenvalue weighted by atomic mass is 35.5. The molecular weight excluding hydrogens is 455 g/mol. The minimum atomic E-state index is -0.411. The van der Waals surface area contributed by atoms with Gasteiger partial charge in [-0.15, -0.1) is 0 Å². The van der Waals surface area contributed by atoms with Crippen LogP contribution in [0.4, 0.5) is 4.39 Å². The third-order valence-corrected chi connectivity index (χ3v) is 6.57. The molecule has 176 valence electrons. The number of fused-ring (bicyclic) bond motifs is 1. The number of rotatable bonds is 4. The second-order valence-corrected chi connectivity index (χ2v) is 8.95. The van der Waals surface area contributed by atoms with E-state index >= 15 is 0 Å². The van der Waals surface area contributed by atoms with Crippen molar-refractivity contribution in [2.24, 2.45) is 5.16 Å². The number of amidine groups is 1. The normalized spacial score (nSPS) is 19.3. The Morgan fingerprint density at radius 3 is 2.88 bits per heavy atom. The summed E-state index contributed by atoms with van der Waals surface area (Å²) in [5.74, 6) is 1.17. The van der Waals surface area contributed by atoms with Crippen molar-refractivity contribution in [2.75, 3.05) is 20.3 Å². The number of aromatic nitrogens is 2. The predicted molar refractivity (Wildman–Crippen MR) is 131 cm³/mol. The Labute approximate surface area is 203 Å². The van der Waals surface area contributed by atoms with Gasteiger partial charge in [0, 0.05) is 19.2 Å². The van der Waals surface area contributed by atoms with Gasteiger partial charge < -0.3 is 19.0 Å². The van der Waals surface area contributed by atoms with E-state index in [1.807, 2.05) is 29.8 Å². The van der Waals surface area contributed by atoms with Crippen LogP contribution in [0, 0.1) is 12.7 Å². The van der Waals surface area contributed by atoms with Crippen molar-refractivity contribution in [1.29, 1.82) is 0 Å². The Morgan fingerprint density at radius 2 is 2.12 bits per heavy atom. The molecule has 0 N–H and O–H groups in total. The molecule has 0 amide bonds. The van der Waals surface area contributed by atoms with Crippen LogP contribution in [0.3, 0.4) is 0 Å². The van der Waals surface area contributed by atoms with E-state index in [9.17, 15) is 4.39 Å². The average Bonchev–Trinajstić information content (AvgIpc) is 3.15. The van der Waals surface area contributed by atoms with Crippen LogP contribution in [-0.2, 0) is 4.84 Å². The third kappa shape index (κ3) is 4.40. The lowest BCUT2D eigenvalue weighted by Gasteiger charge is -2.36. The lowest BCUT2D eigenvalue weighted by molar-refractivity contribution is 0.140. The fraction of sp³-hybridized carbons (Fsp3) is 0.308. The van der Waals surface area contributed by atoms with Crippen LogP contribution in [0.15, 0.2) is 59.7 Å². The van der Waals surface area contributed by atoms with E-state index in [0.29, 0.717) is 6.61 Å². The fourth-order valence-corrected chi connectivity index (χ4v) is 4.83. The lowest BCUT2D eigenvalue weighted by Crippen LogP contribution is -2.39. The van der Waals surface area contributed by atoms with Gasteiger partial charge in [-0.1, -0.05) is 28.9 Å². The molecule has 0 unspecified atom stereocenters. The molecule has 1 atom stereocenters. The van der Waals surface area contributed by atoms with E-state index in [4.69, 9.17) is 21.2 Å². The molecule has 6 nitrogen and oxygen atoms in total. The topological polar surface area (TPSA) is 51.9 Å². The summed E-state index contributed by atoms with van der Waals surface area (Å²) in [6, 6.07) is 11.1. The highest BCUT2D eigenvalue weighted by Crippen LogP contribution is 2.35. The minimum absolute atomic E-state index is 0.0180. The van der Waals surface area contributed by atoms with Gasteiger partial charge in [-0.3, -0.25) is 0 Å². The van der Waals surface area contributed by atoms with Crippen LogP contribution < -0.4 is 4.74 Å². The summed E-state index contributed by atoms with van der Waals surface area (Å²) in [7, 11) is 1.67. The minimum Gasteiger partial charge on any atom is -0.495 e. The Hall–Kier alpha value is -3.32. The van der Waals surface area contributed by atoms with E-state index in [1.54, 1.807) is 25.6 Å². The van der Waals surface area contributed by atoms with Crippen LogP contribution in [-0.4, -0.2) is 40.5 Å². The van der Waals surface area contributed by atoms with Crippen molar-refractivity contribution in [3.8, 4) is 11.4 Å². The largest absolute Gasteiger partial charge is 0.495 e. The van der Waals surface area contributed by atoms with Crippen molar-refractivity contribution < 1.29 is 14.0 Å². The van der Waals surface area contributed by atoms with Crippen molar-refractivity contribution in [1.82, 2.24) is 14.5 Å². The maximum atomic E-state index is 13.8. The number of imidazole rings is 1. The second-order valence-electron chi connectivity index (χ2n) is 8.55. The van der Waals surface area contributed by atoms with Crippen molar-refractivity contribution in [3.63, 3.8) is 0 Å². The van der Waals surface area contributed by atoms with Crippen LogP contribution in [0.2, 0.25) is 5.02 Å². The monoisotopic (exact) mass is 480 g/mol. The molecule has 34 heavy (non-hydrogen) atoms. The maximum Gasteiger partial charge on any atom is 0.171 e. The Balaban J connectivity index is 1.47. The predicted octanol–water partition coefficient (Wildman–Crippen LogP) is 5.94. The lowest BCUT2D eigenvalue weighted by atomic mass is 9.95. The molecule has 1 saturated heterocycles. The zero-order valence-electron chi connectivity index (χ0n) is 19.2. The van der Waals surface area contributed by atoms with Crippen LogP contribution in [0.25, 0.3) is 11.8 Å². The molecule has 1 fully saturated rings. The number of piperidine rings is 1. The average molecular weight is 481 g/mol. The molecule has 0 bridgehead atoms. The van der Waals surface area contributed by atoms with Crippen molar-refractivity contribution in [3.05, 3.63) is 82.2 Å². The summed E-state index contributed by atoms with van der Waals surface area (Å²) in [6.07, 6.45) is 8.51. The van der Waals surface area contributed by atoms with Crippen LogP contribution >= 0.6 is 11.6 Å². The quantitative estimate of drug-likeness (QED) is 0.464. The molecule has 0 aliphatic carbocycles. The molecule has 8 heteroatoms. The van der Waals surface area contributed by atoms with Crippen molar-refractivity contribution >= 4 is 23.5 Å². The maximum absolute atomic E-state index is 13.8. The number of benzene rings is 2. The van der Waals surface area contributed by atoms with E-state index in [-0.39, 0.29) is 11.1 Å². The number of methoxy groups -OCH3 is 1. The third-order valence-electron chi connectivity index (χ3n) is 6.28. The summed E-state index contributed by atoms with van der Waals surface area (Å²) in [6.45, 7) is 3.29. The van der Waals surface area contributed by atoms with Gasteiger partial charge in [0.1, 0.15) is 18.2 Å². The van der Waals surface area contributed by atoms with E-state index < -0.39 is 5.82 Å². The Morgan fingerprint density at radius 1 is 1.24 bits per heavy atom. The van der Waals surface area contributed by atoms with Gasteiger partial charge in [-0.05, 0) is 66.8 Å². The van der Waals surface area contributed by atoms with E-state index in [1.165, 1.54) is 6.07 Å². The first kappa shape index (κ1) is 22.5. The molecule has 3 aromatic rings. The smallest absolute Gasteiger partial charge is 0.171 e. The highest BCUT2D eigenvalue weighted by Gasteiger charge is 2.31. The first-order valence-corrected chi connectivity index (χ1v) is 11.7. The van der Waals surface area contributed by atoms with Crippen LogP contribution in [0.1, 0.15) is 42.1 Å². The molecule has 1 aromatic heterocycles. The molecule has 2 aromatic carbocycles. The number of nitrogens with zero attached hydrogens (tertiary/aromatic N) is 4. The Bertz CT molecular complexity index is 1270. The first-order chi connectivity index (χ1) is 16.5. The van der Waals surface area contributed by atoms with E-state index in [0.717, 1.165) is 65.5 Å². The number of hydrogen-bond acceptors (Lipinski definition) is 5. The molecule has 3 heterocycles. The number of halogens is 2. The van der Waals surface area contributed by atoms with Gasteiger partial charge in [0.15, 0.2) is 5.84 Å². The summed E-state index contributed by atoms with van der Waals surface area (Å²) in [4.78, 5) is 12.2. The van der Waals surface area contributed by atoms with Gasteiger partial charge >= 0.3 is 0 Å². The van der Waals surface area contributed by atoms with Gasteiger partial charge in [0.25, 0.3) is 0 Å². The van der Waals surface area contributed by atoms with E-state index in [2.05, 4.69) is 27.2 Å². The SMILES string of the molecule is COc1cc(C=C2CCCN3C2=NOCC[C@@H]3c2ccc(F)c(Cl)c2)ccc1-n1cnc(C)c1. The number of hydrogen-bond donors (Lipinski definition) is 0. The fourth-order valence-electron chi connectivity index (χ4n) is 4.64. The standard InChI is InChI=1S/C26H26ClFN4O2/c1-17-15-31(16-29-17)24-8-5-18(13-25(24)33-2)12-20-4-3-10-32-23(9-11-34-30-26(20)32)19-6-7-22(28)21(27)14-19/h5-8,12-16,23H,3-4,9-11H2,1-2H3/t23-/m1/s1. The number of aryl methyl sites for hydroxylation is 1. The molecule has 2 aliphatic rings. The molecule has 0 spiro atoms. The first-order valence-electron chi connectivity index (χ1n) is 11.3. The zero-order chi connectivity index (χ0) is 23.7. The summed E-state index contributed by atoms with van der Waals surface area (Å²) in [5.41, 5.74) is 4.95. The molecule has 0 saturated carbocycles.